The van der Waals surface area contributed by atoms with Gasteiger partial charge in [0.2, 0.25) is 0 Å². The molecule has 0 radical (unpaired) electrons. The number of nitrogens with one attached hydrogen (secondary N) is 2. The van der Waals surface area contributed by atoms with Crippen molar-refractivity contribution in [1.82, 2.24) is 10.9 Å². The predicted octanol–water partition coefficient (Wildman–Crippen LogP) is -1.31. The predicted molar refractivity (Wildman–Crippen MR) is 43.3 cm³/mol. The molecule has 0 aromatic carbocycles. The average molecular weight is 197 g/mol. The minimum Gasteiger partial charge on any atom is -0.478 e. The highest BCUT2D eigenvalue weighted by molar-refractivity contribution is 5.94. The Kier molecular flexibility index (Phi) is 5.15. The first-order valence-electron chi connectivity index (χ1n) is 3.43. The lowest BCUT2D eigenvalue weighted by Crippen LogP contribution is -2.40. The van der Waals surface area contributed by atoms with Crippen LogP contribution in [0.25, 0.3) is 0 Å². The Hall–Kier alpha value is -2.36. The zero-order valence-electron chi connectivity index (χ0n) is 6.98. The van der Waals surface area contributed by atoms with Crippen LogP contribution in [0.4, 0.5) is 0 Å². The molecule has 7 heteroatoms. The Morgan fingerprint density at radius 2 is 1.93 bits per heavy atom. The van der Waals surface area contributed by atoms with Gasteiger partial charge in [0, 0.05) is 12.2 Å². The molecule has 0 aromatic rings. The number of nitrogens with zero attached hydrogens (tertiary/aromatic N) is 1. The Bertz CT molecular complexity index is 315. The van der Waals surface area contributed by atoms with Gasteiger partial charge >= 0.3 is 5.97 Å². The first-order chi connectivity index (χ1) is 6.56. The summed E-state index contributed by atoms with van der Waals surface area (Å²) in [7, 11) is 0. The number of carboxylic acids is 1. The summed E-state index contributed by atoms with van der Waals surface area (Å²) in [5, 5.41) is 16.2. The van der Waals surface area contributed by atoms with Crippen LogP contribution in [0.1, 0.15) is 6.42 Å². The van der Waals surface area contributed by atoms with Crippen LogP contribution in [0.5, 0.6) is 0 Å². The Morgan fingerprint density at radius 3 is 2.43 bits per heavy atom. The standard InChI is InChI=1S/C7H7N3O4/c8-4-3-6(12)10-9-5(11)1-2-7(13)14/h1-2H,3H2,(H,9,11)(H,10,12)(H,13,14). The third-order valence-electron chi connectivity index (χ3n) is 0.942. The normalized spacial score (nSPS) is 9.07. The number of nitriles is 1. The highest BCUT2D eigenvalue weighted by Gasteiger charge is 2.00. The molecule has 2 amide bonds. The average Bonchev–Trinajstić information content (AvgIpc) is 2.12. The zero-order valence-corrected chi connectivity index (χ0v) is 6.98. The molecule has 0 saturated heterocycles. The summed E-state index contributed by atoms with van der Waals surface area (Å²) in [4.78, 5) is 31.2. The van der Waals surface area contributed by atoms with Gasteiger partial charge in [-0.1, -0.05) is 0 Å². The second-order valence-corrected chi connectivity index (χ2v) is 2.04. The number of carbonyl (C=O) groups excluding carboxylic acids is 2. The van der Waals surface area contributed by atoms with E-state index >= 15 is 0 Å². The Morgan fingerprint density at radius 1 is 1.29 bits per heavy atom. The maximum absolute atomic E-state index is 10.7. The summed E-state index contributed by atoms with van der Waals surface area (Å²) in [5.74, 6) is -2.74. The first kappa shape index (κ1) is 11.6. The maximum atomic E-state index is 10.7. The molecule has 0 spiro atoms. The molecule has 0 fully saturated rings. The molecule has 74 valence electrons. The number of aliphatic carboxylic acids is 1. The topological polar surface area (TPSA) is 119 Å². The second-order valence-electron chi connectivity index (χ2n) is 2.04. The molecule has 0 saturated carbocycles. The summed E-state index contributed by atoms with van der Waals surface area (Å²) in [6, 6.07) is 1.57. The first-order valence-corrected chi connectivity index (χ1v) is 3.43. The number of carbonyl (C=O) groups is 3. The van der Waals surface area contributed by atoms with Crippen molar-refractivity contribution in [2.45, 2.75) is 6.42 Å². The van der Waals surface area contributed by atoms with Gasteiger partial charge in [-0.15, -0.1) is 0 Å². The lowest BCUT2D eigenvalue weighted by atomic mass is 10.4. The summed E-state index contributed by atoms with van der Waals surface area (Å²) < 4.78 is 0. The number of hydrogen-bond acceptors (Lipinski definition) is 4. The number of amides is 2. The van der Waals surface area contributed by atoms with Crippen molar-refractivity contribution in [3.8, 4) is 6.07 Å². The molecule has 3 N–H and O–H groups in total. The van der Waals surface area contributed by atoms with E-state index in [1.165, 1.54) is 0 Å². The highest BCUT2D eigenvalue weighted by Crippen LogP contribution is 1.75. The van der Waals surface area contributed by atoms with Crippen LogP contribution in [0.15, 0.2) is 12.2 Å². The van der Waals surface area contributed by atoms with Gasteiger partial charge in [0.15, 0.2) is 0 Å². The SMILES string of the molecule is N#CCC(=O)NNC(=O)C=CC(=O)O. The molecule has 0 aliphatic heterocycles. The van der Waals surface area contributed by atoms with Crippen LogP contribution in [0.3, 0.4) is 0 Å². The van der Waals surface area contributed by atoms with E-state index in [1.807, 2.05) is 10.9 Å². The van der Waals surface area contributed by atoms with Crippen LogP contribution in [0, 0.1) is 11.3 Å². The third kappa shape index (κ3) is 6.36. The fourth-order valence-corrected chi connectivity index (χ4v) is 0.436. The second kappa shape index (κ2) is 6.19. The summed E-state index contributed by atoms with van der Waals surface area (Å²) in [6.07, 6.45) is 0.962. The largest absolute Gasteiger partial charge is 0.478 e. The molecule has 0 atom stereocenters. The molecule has 0 bridgehead atoms. The van der Waals surface area contributed by atoms with E-state index in [9.17, 15) is 14.4 Å². The molecule has 7 nitrogen and oxygen atoms in total. The summed E-state index contributed by atoms with van der Waals surface area (Å²) in [6.45, 7) is 0. The van der Waals surface area contributed by atoms with E-state index in [0.29, 0.717) is 6.08 Å². The van der Waals surface area contributed by atoms with Crippen molar-refractivity contribution in [2.75, 3.05) is 0 Å². The quantitative estimate of drug-likeness (QED) is 0.383. The van der Waals surface area contributed by atoms with Gasteiger partial charge in [-0.05, 0) is 0 Å². The minimum absolute atomic E-state index is 0.386. The smallest absolute Gasteiger partial charge is 0.328 e. The van der Waals surface area contributed by atoms with Gasteiger partial charge < -0.3 is 5.11 Å². The fourth-order valence-electron chi connectivity index (χ4n) is 0.436. The molecule has 0 aliphatic rings. The number of rotatable bonds is 3. The van der Waals surface area contributed by atoms with Crippen LogP contribution in [-0.4, -0.2) is 22.9 Å². The van der Waals surface area contributed by atoms with E-state index in [2.05, 4.69) is 0 Å². The van der Waals surface area contributed by atoms with Crippen molar-refractivity contribution < 1.29 is 19.5 Å². The molecule has 0 rings (SSSR count). The minimum atomic E-state index is -1.27. The van der Waals surface area contributed by atoms with E-state index in [4.69, 9.17) is 10.4 Å². The molecule has 0 unspecified atom stereocenters. The number of hydrazine groups is 1. The van der Waals surface area contributed by atoms with Crippen LogP contribution < -0.4 is 10.9 Å². The van der Waals surface area contributed by atoms with E-state index < -0.39 is 17.8 Å². The third-order valence-corrected chi connectivity index (χ3v) is 0.942. The fraction of sp³-hybridized carbons (Fsp3) is 0.143. The molecule has 0 aromatic heterocycles. The lowest BCUT2D eigenvalue weighted by molar-refractivity contribution is -0.131. The highest BCUT2D eigenvalue weighted by atomic mass is 16.4. The van der Waals surface area contributed by atoms with Crippen LogP contribution in [0.2, 0.25) is 0 Å². The van der Waals surface area contributed by atoms with Gasteiger partial charge in [0.1, 0.15) is 6.42 Å². The number of hydrogen-bond donors (Lipinski definition) is 3. The molecular weight excluding hydrogens is 190 g/mol. The van der Waals surface area contributed by atoms with Gasteiger partial charge in [-0.2, -0.15) is 5.26 Å². The van der Waals surface area contributed by atoms with E-state index in [0.717, 1.165) is 6.08 Å². The van der Waals surface area contributed by atoms with Gasteiger partial charge in [-0.25, -0.2) is 4.79 Å². The van der Waals surface area contributed by atoms with Gasteiger partial charge in [-0.3, -0.25) is 20.4 Å². The van der Waals surface area contributed by atoms with Gasteiger partial charge in [0.05, 0.1) is 6.07 Å². The van der Waals surface area contributed by atoms with Crippen molar-refractivity contribution in [1.29, 1.82) is 5.26 Å². The van der Waals surface area contributed by atoms with Crippen LogP contribution in [-0.2, 0) is 14.4 Å². The Balaban J connectivity index is 3.81. The Labute approximate surface area is 79.0 Å². The van der Waals surface area contributed by atoms with Crippen LogP contribution >= 0.6 is 0 Å². The monoisotopic (exact) mass is 197 g/mol. The van der Waals surface area contributed by atoms with E-state index in [1.54, 1.807) is 6.07 Å². The van der Waals surface area contributed by atoms with Crippen molar-refractivity contribution in [2.24, 2.45) is 0 Å². The molecule has 14 heavy (non-hydrogen) atoms. The molecular formula is C7H7N3O4. The summed E-state index contributed by atoms with van der Waals surface area (Å²) in [5.41, 5.74) is 3.78. The van der Waals surface area contributed by atoms with Crippen molar-refractivity contribution in [3.63, 3.8) is 0 Å². The number of carboxylic acid groups (broad SMARTS) is 1. The molecule has 0 aliphatic carbocycles. The lowest BCUT2D eigenvalue weighted by Gasteiger charge is -2.00. The van der Waals surface area contributed by atoms with E-state index in [-0.39, 0.29) is 6.42 Å². The maximum Gasteiger partial charge on any atom is 0.328 e. The van der Waals surface area contributed by atoms with Gasteiger partial charge in [0.25, 0.3) is 11.8 Å². The van der Waals surface area contributed by atoms with Crippen molar-refractivity contribution in [3.05, 3.63) is 12.2 Å². The zero-order chi connectivity index (χ0) is 11.0. The summed E-state index contributed by atoms with van der Waals surface area (Å²) >= 11 is 0. The molecule has 0 heterocycles. The van der Waals surface area contributed by atoms with Crippen molar-refractivity contribution >= 4 is 17.8 Å².